The maximum Gasteiger partial charge on any atom is 0.173 e. The van der Waals surface area contributed by atoms with Gasteiger partial charge in [0.1, 0.15) is 12.4 Å². The molecule has 92 valence electrons. The second-order valence-corrected chi connectivity index (χ2v) is 4.07. The van der Waals surface area contributed by atoms with Crippen molar-refractivity contribution >= 4 is 34.8 Å². The van der Waals surface area contributed by atoms with E-state index in [0.717, 1.165) is 6.07 Å². The summed E-state index contributed by atoms with van der Waals surface area (Å²) in [5.74, 6) is -1.80. The molecule has 0 aliphatic carbocycles. The van der Waals surface area contributed by atoms with Gasteiger partial charge in [-0.1, -0.05) is 23.2 Å². The third kappa shape index (κ3) is 3.49. The number of carbonyl (C=O) groups excluding carboxylic acids is 2. The van der Waals surface area contributed by atoms with Crippen LogP contribution < -0.4 is 0 Å². The zero-order chi connectivity index (χ0) is 13.0. The first-order valence-corrected chi connectivity index (χ1v) is 5.40. The number of methoxy groups -OCH3 is 1. The van der Waals surface area contributed by atoms with E-state index >= 15 is 0 Å². The lowest BCUT2D eigenvalue weighted by Crippen LogP contribution is -2.14. The molecule has 1 aromatic rings. The summed E-state index contributed by atoms with van der Waals surface area (Å²) < 4.78 is 17.7. The molecular formula is C11H9Cl2FO3. The Kier molecular flexibility index (Phi) is 5.05. The fourth-order valence-corrected chi connectivity index (χ4v) is 1.84. The maximum absolute atomic E-state index is 13.2. The van der Waals surface area contributed by atoms with Gasteiger partial charge in [0.05, 0.1) is 22.0 Å². The summed E-state index contributed by atoms with van der Waals surface area (Å²) >= 11 is 11.4. The molecule has 0 aliphatic rings. The van der Waals surface area contributed by atoms with E-state index in [1.165, 1.54) is 13.2 Å². The van der Waals surface area contributed by atoms with Gasteiger partial charge in [-0.25, -0.2) is 4.39 Å². The molecule has 1 aromatic carbocycles. The average molecular weight is 279 g/mol. The van der Waals surface area contributed by atoms with E-state index in [1.54, 1.807) is 0 Å². The van der Waals surface area contributed by atoms with Crippen molar-refractivity contribution in [2.75, 3.05) is 13.7 Å². The van der Waals surface area contributed by atoms with E-state index in [9.17, 15) is 14.0 Å². The first kappa shape index (κ1) is 14.1. The molecule has 6 heteroatoms. The number of hydrogen-bond acceptors (Lipinski definition) is 3. The van der Waals surface area contributed by atoms with Crippen molar-refractivity contribution in [2.24, 2.45) is 0 Å². The second kappa shape index (κ2) is 6.10. The van der Waals surface area contributed by atoms with Crippen LogP contribution in [0.25, 0.3) is 0 Å². The van der Waals surface area contributed by atoms with Crippen molar-refractivity contribution < 1.29 is 18.7 Å². The minimum atomic E-state index is -0.751. The lowest BCUT2D eigenvalue weighted by molar-refractivity contribution is -0.121. The lowest BCUT2D eigenvalue weighted by Gasteiger charge is -2.06. The highest BCUT2D eigenvalue weighted by atomic mass is 35.5. The van der Waals surface area contributed by atoms with Crippen LogP contribution in [0.5, 0.6) is 0 Å². The fraction of sp³-hybridized carbons (Fsp3) is 0.273. The molecule has 0 aliphatic heterocycles. The van der Waals surface area contributed by atoms with Crippen molar-refractivity contribution in [3.63, 3.8) is 0 Å². The van der Waals surface area contributed by atoms with Crippen molar-refractivity contribution in [3.8, 4) is 0 Å². The van der Waals surface area contributed by atoms with E-state index in [1.807, 2.05) is 0 Å². The van der Waals surface area contributed by atoms with Crippen LogP contribution >= 0.6 is 23.2 Å². The number of Topliss-reactive ketones (excluding diaryl/α,β-unsaturated/α-hetero) is 2. The second-order valence-electron chi connectivity index (χ2n) is 3.29. The highest BCUT2D eigenvalue weighted by Gasteiger charge is 2.20. The van der Waals surface area contributed by atoms with Crippen LogP contribution in [0.15, 0.2) is 12.1 Å². The van der Waals surface area contributed by atoms with Crippen LogP contribution in [0.3, 0.4) is 0 Å². The van der Waals surface area contributed by atoms with Gasteiger partial charge in [0.25, 0.3) is 0 Å². The zero-order valence-corrected chi connectivity index (χ0v) is 10.4. The minimum absolute atomic E-state index is 0.0200. The standard InChI is InChI=1S/C11H9Cl2FO3/c1-17-5-6(15)4-9(16)10-7(12)2-3-8(14)11(10)13/h2-3H,4-5H2,1H3. The van der Waals surface area contributed by atoms with Gasteiger partial charge >= 0.3 is 0 Å². The lowest BCUT2D eigenvalue weighted by atomic mass is 10.1. The largest absolute Gasteiger partial charge is 0.377 e. The number of ketones is 2. The summed E-state index contributed by atoms with van der Waals surface area (Å²) in [6, 6.07) is 2.27. The minimum Gasteiger partial charge on any atom is -0.377 e. The molecule has 0 fully saturated rings. The number of hydrogen-bond donors (Lipinski definition) is 0. The summed E-state index contributed by atoms with van der Waals surface area (Å²) in [6.45, 7) is -0.184. The Hall–Kier alpha value is -0.970. The van der Waals surface area contributed by atoms with E-state index < -0.39 is 23.8 Å². The van der Waals surface area contributed by atoms with Gasteiger partial charge < -0.3 is 4.74 Å². The van der Waals surface area contributed by atoms with E-state index in [-0.39, 0.29) is 22.2 Å². The van der Waals surface area contributed by atoms with Crippen LogP contribution in [-0.2, 0) is 9.53 Å². The van der Waals surface area contributed by atoms with E-state index in [4.69, 9.17) is 23.2 Å². The van der Waals surface area contributed by atoms with Crippen molar-refractivity contribution in [1.29, 1.82) is 0 Å². The number of halogens is 3. The Labute approximate surface area is 107 Å². The molecule has 0 aromatic heterocycles. The quantitative estimate of drug-likeness (QED) is 0.473. The third-order valence-corrected chi connectivity index (χ3v) is 2.67. The Balaban J connectivity index is 2.97. The maximum atomic E-state index is 13.2. The molecule has 17 heavy (non-hydrogen) atoms. The van der Waals surface area contributed by atoms with Gasteiger partial charge in [-0.15, -0.1) is 0 Å². The molecule has 1 rings (SSSR count). The van der Waals surface area contributed by atoms with Crippen molar-refractivity contribution in [2.45, 2.75) is 6.42 Å². The Morgan fingerprint density at radius 2 is 2.00 bits per heavy atom. The molecule has 0 amide bonds. The van der Waals surface area contributed by atoms with Gasteiger partial charge in [0, 0.05) is 7.11 Å². The molecule has 0 saturated heterocycles. The molecule has 0 unspecified atom stereocenters. The summed E-state index contributed by atoms with van der Waals surface area (Å²) in [7, 11) is 1.34. The number of benzene rings is 1. The van der Waals surface area contributed by atoms with Gasteiger partial charge in [0.15, 0.2) is 11.6 Å². The van der Waals surface area contributed by atoms with E-state index in [0.29, 0.717) is 0 Å². The van der Waals surface area contributed by atoms with Crippen molar-refractivity contribution in [1.82, 2.24) is 0 Å². The first-order chi connectivity index (χ1) is 7.97. The molecule has 0 saturated carbocycles. The predicted octanol–water partition coefficient (Wildman–Crippen LogP) is 2.92. The Morgan fingerprint density at radius 1 is 1.35 bits per heavy atom. The molecule has 3 nitrogen and oxygen atoms in total. The van der Waals surface area contributed by atoms with E-state index in [2.05, 4.69) is 4.74 Å². The van der Waals surface area contributed by atoms with Crippen LogP contribution in [0, 0.1) is 5.82 Å². The Morgan fingerprint density at radius 3 is 2.59 bits per heavy atom. The topological polar surface area (TPSA) is 43.4 Å². The normalized spacial score (nSPS) is 10.4. The van der Waals surface area contributed by atoms with Gasteiger partial charge in [-0.3, -0.25) is 9.59 Å². The average Bonchev–Trinajstić information content (AvgIpc) is 2.24. The van der Waals surface area contributed by atoms with Gasteiger partial charge in [-0.05, 0) is 12.1 Å². The highest BCUT2D eigenvalue weighted by molar-refractivity contribution is 6.40. The molecule has 0 bridgehead atoms. The molecule has 0 radical (unpaired) electrons. The summed E-state index contributed by atoms with van der Waals surface area (Å²) in [4.78, 5) is 22.9. The smallest absolute Gasteiger partial charge is 0.173 e. The first-order valence-electron chi connectivity index (χ1n) is 4.64. The van der Waals surface area contributed by atoms with Crippen molar-refractivity contribution in [3.05, 3.63) is 33.6 Å². The van der Waals surface area contributed by atoms with Gasteiger partial charge in [-0.2, -0.15) is 0 Å². The van der Waals surface area contributed by atoms with Crippen LogP contribution in [0.4, 0.5) is 4.39 Å². The van der Waals surface area contributed by atoms with Crippen LogP contribution in [0.1, 0.15) is 16.8 Å². The zero-order valence-electron chi connectivity index (χ0n) is 8.93. The summed E-state index contributed by atoms with van der Waals surface area (Å²) in [6.07, 6.45) is -0.420. The molecular weight excluding hydrogens is 270 g/mol. The summed E-state index contributed by atoms with van der Waals surface area (Å²) in [5.41, 5.74) is -0.169. The monoisotopic (exact) mass is 278 g/mol. The molecule has 0 atom stereocenters. The Bertz CT molecular complexity index is 460. The number of rotatable bonds is 5. The SMILES string of the molecule is COCC(=O)CC(=O)c1c(Cl)ccc(F)c1Cl. The molecule has 0 spiro atoms. The summed E-state index contributed by atoms with van der Waals surface area (Å²) in [5, 5.41) is -0.348. The number of carbonyl (C=O) groups is 2. The fourth-order valence-electron chi connectivity index (χ4n) is 1.26. The highest BCUT2D eigenvalue weighted by Crippen LogP contribution is 2.28. The van der Waals surface area contributed by atoms with Crippen LogP contribution in [0.2, 0.25) is 10.0 Å². The molecule has 0 heterocycles. The predicted molar refractivity (Wildman–Crippen MR) is 62.3 cm³/mol. The third-order valence-electron chi connectivity index (χ3n) is 1.99. The number of ether oxygens (including phenoxy) is 1. The van der Waals surface area contributed by atoms with Gasteiger partial charge in [0.2, 0.25) is 0 Å². The van der Waals surface area contributed by atoms with Crippen LogP contribution in [-0.4, -0.2) is 25.3 Å². The molecule has 0 N–H and O–H groups in total.